The summed E-state index contributed by atoms with van der Waals surface area (Å²) in [6.45, 7) is 3.80. The molecular weight excluding hydrogens is 156 g/mol. The van der Waals surface area contributed by atoms with Crippen LogP contribution in [0.4, 0.5) is 0 Å². The lowest BCUT2D eigenvalue weighted by atomic mass is 10.2. The van der Waals surface area contributed by atoms with Gasteiger partial charge in [0.05, 0.1) is 4.88 Å². The van der Waals surface area contributed by atoms with Gasteiger partial charge >= 0.3 is 0 Å². The molecule has 1 rings (SSSR count). The van der Waals surface area contributed by atoms with Crippen LogP contribution in [0.1, 0.15) is 22.2 Å². The van der Waals surface area contributed by atoms with E-state index in [0.717, 1.165) is 10.4 Å². The van der Waals surface area contributed by atoms with E-state index >= 15 is 0 Å². The minimum Gasteiger partial charge on any atom is -0.288 e. The Hall–Kier alpha value is -0.890. The number of allylic oxidation sites excluding steroid dienone is 2. The zero-order valence-electron chi connectivity index (χ0n) is 6.63. The molecule has 11 heavy (non-hydrogen) atoms. The van der Waals surface area contributed by atoms with Crippen molar-refractivity contribution in [3.63, 3.8) is 0 Å². The van der Waals surface area contributed by atoms with Crippen LogP contribution in [0.5, 0.6) is 0 Å². The number of aryl methyl sites for hydroxylation is 1. The summed E-state index contributed by atoms with van der Waals surface area (Å²) in [6, 6.07) is 1.96. The lowest BCUT2D eigenvalue weighted by Gasteiger charge is -1.90. The maximum atomic E-state index is 11.3. The van der Waals surface area contributed by atoms with Crippen LogP contribution in [0.25, 0.3) is 0 Å². The molecule has 0 fully saturated rings. The van der Waals surface area contributed by atoms with Crippen LogP contribution in [0.15, 0.2) is 23.6 Å². The Bertz CT molecular complexity index is 284. The second-order valence-electron chi connectivity index (χ2n) is 2.30. The Kier molecular flexibility index (Phi) is 2.60. The minimum absolute atomic E-state index is 0.111. The first-order chi connectivity index (χ1) is 5.25. The van der Waals surface area contributed by atoms with Crippen molar-refractivity contribution < 1.29 is 4.79 Å². The number of carbonyl (C=O) groups is 1. The third kappa shape index (κ3) is 1.77. The zero-order chi connectivity index (χ0) is 8.27. The van der Waals surface area contributed by atoms with Crippen molar-refractivity contribution in [1.29, 1.82) is 0 Å². The number of thiophene rings is 1. The Morgan fingerprint density at radius 1 is 1.64 bits per heavy atom. The van der Waals surface area contributed by atoms with Crippen LogP contribution in [-0.4, -0.2) is 5.78 Å². The molecule has 0 saturated carbocycles. The summed E-state index contributed by atoms with van der Waals surface area (Å²) in [6.07, 6.45) is 3.36. The van der Waals surface area contributed by atoms with Crippen molar-refractivity contribution in [2.45, 2.75) is 13.8 Å². The van der Waals surface area contributed by atoms with Gasteiger partial charge in [0.15, 0.2) is 5.78 Å². The largest absolute Gasteiger partial charge is 0.288 e. The number of ketones is 1. The van der Waals surface area contributed by atoms with E-state index in [2.05, 4.69) is 0 Å². The van der Waals surface area contributed by atoms with Gasteiger partial charge in [-0.05, 0) is 36.9 Å². The number of rotatable bonds is 2. The highest BCUT2D eigenvalue weighted by molar-refractivity contribution is 7.12. The van der Waals surface area contributed by atoms with Crippen molar-refractivity contribution in [3.05, 3.63) is 34.0 Å². The van der Waals surface area contributed by atoms with Gasteiger partial charge in [0.1, 0.15) is 0 Å². The van der Waals surface area contributed by atoms with Crippen LogP contribution in [0, 0.1) is 6.92 Å². The first-order valence-electron chi connectivity index (χ1n) is 3.47. The Morgan fingerprint density at radius 3 is 2.82 bits per heavy atom. The third-order valence-electron chi connectivity index (χ3n) is 1.40. The van der Waals surface area contributed by atoms with E-state index in [1.165, 1.54) is 11.3 Å². The molecular formula is C9H10OS. The summed E-state index contributed by atoms with van der Waals surface area (Å²) < 4.78 is 0. The average molecular weight is 166 g/mol. The van der Waals surface area contributed by atoms with E-state index in [1.54, 1.807) is 12.2 Å². The van der Waals surface area contributed by atoms with Gasteiger partial charge in [-0.1, -0.05) is 6.08 Å². The maximum Gasteiger partial charge on any atom is 0.195 e. The minimum atomic E-state index is 0.111. The highest BCUT2D eigenvalue weighted by atomic mass is 32.1. The standard InChI is InChI=1S/C9H10OS/c1-3-4-8(10)9-7(2)5-6-11-9/h3-6H,1-2H3/b4-3+. The van der Waals surface area contributed by atoms with E-state index in [4.69, 9.17) is 0 Å². The molecule has 2 heteroatoms. The lowest BCUT2D eigenvalue weighted by Crippen LogP contribution is -1.91. The van der Waals surface area contributed by atoms with E-state index in [9.17, 15) is 4.79 Å². The van der Waals surface area contributed by atoms with Crippen molar-refractivity contribution in [2.75, 3.05) is 0 Å². The maximum absolute atomic E-state index is 11.3. The molecule has 0 amide bonds. The first kappa shape index (κ1) is 8.21. The Labute approximate surface area is 70.4 Å². The molecule has 0 spiro atoms. The molecule has 0 radical (unpaired) electrons. The number of hydrogen-bond acceptors (Lipinski definition) is 2. The highest BCUT2D eigenvalue weighted by Crippen LogP contribution is 2.16. The van der Waals surface area contributed by atoms with Crippen molar-refractivity contribution in [1.82, 2.24) is 0 Å². The molecule has 0 bridgehead atoms. The van der Waals surface area contributed by atoms with Crippen LogP contribution in [0.2, 0.25) is 0 Å². The highest BCUT2D eigenvalue weighted by Gasteiger charge is 2.05. The summed E-state index contributed by atoms with van der Waals surface area (Å²) >= 11 is 1.50. The molecule has 0 aliphatic rings. The summed E-state index contributed by atoms with van der Waals surface area (Å²) in [4.78, 5) is 12.1. The number of carbonyl (C=O) groups excluding carboxylic acids is 1. The zero-order valence-corrected chi connectivity index (χ0v) is 7.44. The van der Waals surface area contributed by atoms with E-state index in [-0.39, 0.29) is 5.78 Å². The fourth-order valence-corrected chi connectivity index (χ4v) is 1.70. The molecule has 1 nitrogen and oxygen atoms in total. The second-order valence-corrected chi connectivity index (χ2v) is 3.21. The molecule has 0 N–H and O–H groups in total. The molecule has 0 atom stereocenters. The van der Waals surface area contributed by atoms with Gasteiger partial charge in [0.2, 0.25) is 0 Å². The molecule has 0 saturated heterocycles. The molecule has 0 aromatic carbocycles. The molecule has 0 aliphatic heterocycles. The second kappa shape index (κ2) is 3.49. The van der Waals surface area contributed by atoms with Crippen molar-refractivity contribution in [2.24, 2.45) is 0 Å². The summed E-state index contributed by atoms with van der Waals surface area (Å²) in [7, 11) is 0. The monoisotopic (exact) mass is 166 g/mol. The lowest BCUT2D eigenvalue weighted by molar-refractivity contribution is 0.105. The Morgan fingerprint density at radius 2 is 2.36 bits per heavy atom. The van der Waals surface area contributed by atoms with Gasteiger partial charge in [-0.15, -0.1) is 11.3 Å². The normalized spacial score (nSPS) is 10.7. The quantitative estimate of drug-likeness (QED) is 0.487. The van der Waals surface area contributed by atoms with Crippen LogP contribution in [-0.2, 0) is 0 Å². The molecule has 0 aliphatic carbocycles. The van der Waals surface area contributed by atoms with Gasteiger partial charge in [-0.3, -0.25) is 4.79 Å². The van der Waals surface area contributed by atoms with Gasteiger partial charge < -0.3 is 0 Å². The number of hydrogen-bond donors (Lipinski definition) is 0. The molecule has 1 heterocycles. The molecule has 0 unspecified atom stereocenters. The van der Waals surface area contributed by atoms with Gasteiger partial charge in [0, 0.05) is 0 Å². The van der Waals surface area contributed by atoms with Crippen molar-refractivity contribution in [3.8, 4) is 0 Å². The SMILES string of the molecule is C/C=C/C(=O)c1sccc1C. The van der Waals surface area contributed by atoms with E-state index in [0.29, 0.717) is 0 Å². The predicted octanol–water partition coefficient (Wildman–Crippen LogP) is 2.82. The topological polar surface area (TPSA) is 17.1 Å². The summed E-state index contributed by atoms with van der Waals surface area (Å²) in [5, 5.41) is 1.94. The van der Waals surface area contributed by atoms with E-state index in [1.807, 2.05) is 25.3 Å². The molecule has 1 aromatic heterocycles. The van der Waals surface area contributed by atoms with E-state index < -0.39 is 0 Å². The van der Waals surface area contributed by atoms with Crippen LogP contribution < -0.4 is 0 Å². The van der Waals surface area contributed by atoms with Gasteiger partial charge in [-0.2, -0.15) is 0 Å². The average Bonchev–Trinajstić information content (AvgIpc) is 2.36. The fourth-order valence-electron chi connectivity index (χ4n) is 0.852. The summed E-state index contributed by atoms with van der Waals surface area (Å²) in [5.41, 5.74) is 1.07. The smallest absolute Gasteiger partial charge is 0.195 e. The molecule has 58 valence electrons. The summed E-state index contributed by atoms with van der Waals surface area (Å²) in [5.74, 6) is 0.111. The molecule has 1 aromatic rings. The van der Waals surface area contributed by atoms with Gasteiger partial charge in [-0.25, -0.2) is 0 Å². The first-order valence-corrected chi connectivity index (χ1v) is 4.34. The van der Waals surface area contributed by atoms with Crippen LogP contribution >= 0.6 is 11.3 Å². The third-order valence-corrected chi connectivity index (χ3v) is 2.43. The Balaban J connectivity index is 2.93. The van der Waals surface area contributed by atoms with Gasteiger partial charge in [0.25, 0.3) is 0 Å². The van der Waals surface area contributed by atoms with Crippen LogP contribution in [0.3, 0.4) is 0 Å². The van der Waals surface area contributed by atoms with Crippen molar-refractivity contribution >= 4 is 17.1 Å². The predicted molar refractivity (Wildman–Crippen MR) is 48.2 cm³/mol. The fraction of sp³-hybridized carbons (Fsp3) is 0.222.